The molecule has 4 saturated carbocycles. The van der Waals surface area contributed by atoms with Crippen molar-refractivity contribution in [2.75, 3.05) is 26.9 Å². The molecule has 4 aliphatic carbocycles. The Labute approximate surface area is 366 Å². The van der Waals surface area contributed by atoms with E-state index < -0.39 is 128 Å². The topological polar surface area (TPSA) is 276 Å². The number of esters is 2. The fourth-order valence-corrected chi connectivity index (χ4v) is 13.2. The Morgan fingerprint density at radius 2 is 1.48 bits per heavy atom. The highest BCUT2D eigenvalue weighted by molar-refractivity contribution is 5.94. The number of ketones is 1. The minimum Gasteiger partial charge on any atom is -0.459 e. The molecule has 8 rings (SSSR count). The van der Waals surface area contributed by atoms with Gasteiger partial charge < -0.3 is 78.4 Å². The number of cyclic esters (lactones) is 1. The number of aliphatic hydroxyl groups excluding tert-OH is 7. The normalized spacial score (nSPS) is 51.1. The van der Waals surface area contributed by atoms with Crippen LogP contribution in [0, 0.1) is 34.0 Å². The molecule has 356 valence electrons. The number of carbonyl (C=O) groups is 3. The highest BCUT2D eigenvalue weighted by Gasteiger charge is 2.69. The third kappa shape index (κ3) is 8.23. The van der Waals surface area contributed by atoms with Gasteiger partial charge in [0.1, 0.15) is 73.4 Å². The van der Waals surface area contributed by atoms with Crippen LogP contribution in [0.1, 0.15) is 85.5 Å². The fourth-order valence-electron chi connectivity index (χ4n) is 13.2. The lowest BCUT2D eigenvalue weighted by atomic mass is 9.37. The van der Waals surface area contributed by atoms with Crippen LogP contribution in [0.5, 0.6) is 0 Å². The van der Waals surface area contributed by atoms with Gasteiger partial charge in [-0.2, -0.15) is 0 Å². The monoisotopic (exact) mass is 898 g/mol. The van der Waals surface area contributed by atoms with Crippen LogP contribution >= 0.6 is 0 Å². The van der Waals surface area contributed by atoms with Crippen LogP contribution in [0.3, 0.4) is 0 Å². The number of hydrogen-bond donors (Lipinski definition) is 7. The van der Waals surface area contributed by atoms with E-state index in [0.29, 0.717) is 31.5 Å². The number of rotatable bonds is 11. The van der Waals surface area contributed by atoms with Crippen LogP contribution in [-0.2, 0) is 57.0 Å². The van der Waals surface area contributed by atoms with Crippen LogP contribution in [0.15, 0.2) is 11.6 Å². The summed E-state index contributed by atoms with van der Waals surface area (Å²) in [4.78, 5) is 39.6. The molecule has 63 heavy (non-hydrogen) atoms. The van der Waals surface area contributed by atoms with Gasteiger partial charge in [-0.15, -0.1) is 0 Å². The van der Waals surface area contributed by atoms with Gasteiger partial charge in [-0.05, 0) is 81.1 Å². The highest BCUT2D eigenvalue weighted by atomic mass is 16.8. The number of methoxy groups -OCH3 is 1. The SMILES string of the molecule is CO[C@@H]1C[C@H](O[C@H]2CC[C@@]3(C)[C@@H](CC[C@@]45CC[C@H](C6=CC(=O)OC6)[C@@](C)(CC[C@@H]43)C5=O)[C@H]2OC(C)=O)O[C@@H](C)[C@@H]1O[C@@H]1O[C@H](CO[C@@H]2O[C@H](CO)[C@@H](O)[C@H](O)[C@H]2O)[C@@H](O)[C@H](O)[C@H]1O. The smallest absolute Gasteiger partial charge is 0.331 e. The van der Waals surface area contributed by atoms with Gasteiger partial charge in [0.25, 0.3) is 0 Å². The van der Waals surface area contributed by atoms with E-state index in [2.05, 4.69) is 13.8 Å². The van der Waals surface area contributed by atoms with Gasteiger partial charge >= 0.3 is 11.9 Å². The number of fused-ring (bicyclic) bond motifs is 3. The third-order valence-corrected chi connectivity index (χ3v) is 16.4. The Morgan fingerprint density at radius 3 is 2.14 bits per heavy atom. The zero-order valence-electron chi connectivity index (χ0n) is 36.6. The summed E-state index contributed by atoms with van der Waals surface area (Å²) < 4.78 is 53.4. The third-order valence-electron chi connectivity index (χ3n) is 16.4. The second kappa shape index (κ2) is 18.1. The molecular formula is C44H66O19. The van der Waals surface area contributed by atoms with E-state index in [9.17, 15) is 50.1 Å². The average molecular weight is 899 g/mol. The predicted molar refractivity (Wildman–Crippen MR) is 212 cm³/mol. The molecule has 0 unspecified atom stereocenters. The van der Waals surface area contributed by atoms with Gasteiger partial charge in [-0.25, -0.2) is 4.79 Å². The molecule has 0 aromatic heterocycles. The minimum atomic E-state index is -1.75. The molecule has 7 fully saturated rings. The molecule has 8 aliphatic rings. The second-order valence-corrected chi connectivity index (χ2v) is 19.8. The van der Waals surface area contributed by atoms with E-state index in [1.807, 2.05) is 0 Å². The minimum absolute atomic E-state index is 0.0188. The van der Waals surface area contributed by atoms with Crippen molar-refractivity contribution in [3.63, 3.8) is 0 Å². The van der Waals surface area contributed by atoms with Crippen LogP contribution < -0.4 is 0 Å². The van der Waals surface area contributed by atoms with E-state index in [-0.39, 0.29) is 42.2 Å². The van der Waals surface area contributed by atoms with E-state index in [0.717, 1.165) is 31.3 Å². The van der Waals surface area contributed by atoms with Gasteiger partial charge in [0.2, 0.25) is 0 Å². The van der Waals surface area contributed by atoms with Crippen molar-refractivity contribution in [3.05, 3.63) is 11.6 Å². The molecule has 0 aromatic carbocycles. The van der Waals surface area contributed by atoms with Crippen molar-refractivity contribution in [3.8, 4) is 0 Å². The molecular weight excluding hydrogens is 832 g/mol. The lowest BCUT2D eigenvalue weighted by Crippen LogP contribution is -2.67. The van der Waals surface area contributed by atoms with Gasteiger partial charge in [0.15, 0.2) is 18.9 Å². The Bertz CT molecular complexity index is 1730. The van der Waals surface area contributed by atoms with Gasteiger partial charge in [0.05, 0.1) is 31.5 Å². The van der Waals surface area contributed by atoms with Crippen molar-refractivity contribution in [1.29, 1.82) is 0 Å². The van der Waals surface area contributed by atoms with Crippen molar-refractivity contribution < 1.29 is 92.8 Å². The summed E-state index contributed by atoms with van der Waals surface area (Å²) in [6.45, 7) is 6.51. The second-order valence-electron chi connectivity index (χ2n) is 19.8. The van der Waals surface area contributed by atoms with Gasteiger partial charge in [-0.3, -0.25) is 9.59 Å². The zero-order chi connectivity index (χ0) is 45.3. The van der Waals surface area contributed by atoms with Crippen LogP contribution in [-0.4, -0.2) is 179 Å². The molecule has 0 amide bonds. The fraction of sp³-hybridized carbons (Fsp3) is 0.886. The predicted octanol–water partition coefficient (Wildman–Crippen LogP) is -0.462. The first-order valence-electron chi connectivity index (χ1n) is 22.6. The van der Waals surface area contributed by atoms with Crippen molar-refractivity contribution in [2.24, 2.45) is 34.0 Å². The molecule has 0 radical (unpaired) electrons. The van der Waals surface area contributed by atoms with Crippen molar-refractivity contribution >= 4 is 17.7 Å². The van der Waals surface area contributed by atoms with E-state index in [1.54, 1.807) is 13.0 Å². The van der Waals surface area contributed by atoms with Gasteiger partial charge in [-0.1, -0.05) is 13.8 Å². The number of hydrogen-bond acceptors (Lipinski definition) is 19. The summed E-state index contributed by atoms with van der Waals surface area (Å²) in [6, 6.07) is 0. The molecule has 22 atom stereocenters. The molecule has 4 aliphatic heterocycles. The first kappa shape index (κ1) is 47.3. The lowest BCUT2D eigenvalue weighted by Gasteiger charge is -2.67. The molecule has 3 saturated heterocycles. The number of Topliss-reactive ketones (excluding diaryl/α,β-unsaturated/α-hetero) is 1. The average Bonchev–Trinajstić information content (AvgIpc) is 3.67. The summed E-state index contributed by atoms with van der Waals surface area (Å²) in [7, 11) is 1.48. The van der Waals surface area contributed by atoms with Crippen LogP contribution in [0.2, 0.25) is 0 Å². The van der Waals surface area contributed by atoms with Crippen LogP contribution in [0.4, 0.5) is 0 Å². The first-order valence-corrected chi connectivity index (χ1v) is 22.6. The summed E-state index contributed by atoms with van der Waals surface area (Å²) in [5, 5.41) is 72.7. The molecule has 0 aromatic rings. The standard InChI is InChI=1S/C44H66O19/c1-19-37(63-40-36(53)34(51)32(49)27(62-40)18-57-39-35(52)33(50)31(48)26(16-45)61-39)25(55-5)15-30(58-19)60-24-8-10-42(3)23(38(24)59-20(2)46)7-13-44-12-6-22(21-14-29(47)56-17-21)43(4,41(44)54)11-9-28(42)44/h14,19,22-28,30-40,45,48-53H,6-13,15-18H2,1-5H3/t19-,22+,23-,24-,25+,26+,27+,28+,30-,31+,32+,33-,34-,35+,36+,37-,38+,39+,40-,42-,43+,44-/m0/s1. The summed E-state index contributed by atoms with van der Waals surface area (Å²) in [5.74, 6) is -0.472. The van der Waals surface area contributed by atoms with E-state index >= 15 is 0 Å². The quantitative estimate of drug-likeness (QED) is 0.102. The molecule has 1 spiro atoms. The molecule has 4 heterocycles. The molecule has 19 heteroatoms. The van der Waals surface area contributed by atoms with E-state index in [4.69, 9.17) is 42.6 Å². The largest absolute Gasteiger partial charge is 0.459 e. The first-order chi connectivity index (χ1) is 29.9. The molecule has 19 nitrogen and oxygen atoms in total. The number of aliphatic hydroxyl groups is 7. The van der Waals surface area contributed by atoms with Gasteiger partial charge in [0, 0.05) is 43.3 Å². The van der Waals surface area contributed by atoms with E-state index in [1.165, 1.54) is 14.0 Å². The van der Waals surface area contributed by atoms with Crippen LogP contribution in [0.25, 0.3) is 0 Å². The number of carbonyl (C=O) groups excluding carboxylic acids is 3. The maximum absolute atomic E-state index is 14.8. The Kier molecular flexibility index (Phi) is 13.6. The summed E-state index contributed by atoms with van der Waals surface area (Å²) in [6.07, 6.45) is -12.5. The zero-order valence-corrected chi connectivity index (χ0v) is 36.6. The Morgan fingerprint density at radius 1 is 0.794 bits per heavy atom. The molecule has 2 bridgehead atoms. The number of ether oxygens (including phenoxy) is 9. The Balaban J connectivity index is 0.916. The van der Waals surface area contributed by atoms with Crippen molar-refractivity contribution in [2.45, 2.75) is 184 Å². The maximum Gasteiger partial charge on any atom is 0.331 e. The summed E-state index contributed by atoms with van der Waals surface area (Å²) >= 11 is 0. The highest BCUT2D eigenvalue weighted by Crippen LogP contribution is 2.70. The Hall–Kier alpha value is -2.21. The lowest BCUT2D eigenvalue weighted by molar-refractivity contribution is -0.356. The molecule has 7 N–H and O–H groups in total. The van der Waals surface area contributed by atoms with Crippen molar-refractivity contribution in [1.82, 2.24) is 0 Å². The maximum atomic E-state index is 14.8. The summed E-state index contributed by atoms with van der Waals surface area (Å²) in [5.41, 5.74) is -0.442.